The highest BCUT2D eigenvalue weighted by Gasteiger charge is 2.20. The van der Waals surface area contributed by atoms with E-state index in [4.69, 9.17) is 13.9 Å². The largest absolute Gasteiger partial charge is 0.496 e. The molecule has 0 aliphatic heterocycles. The molecule has 0 saturated carbocycles. The third-order valence-corrected chi connectivity index (χ3v) is 7.13. The van der Waals surface area contributed by atoms with Crippen molar-refractivity contribution in [3.8, 4) is 22.6 Å². The van der Waals surface area contributed by atoms with Crippen molar-refractivity contribution in [3.63, 3.8) is 0 Å². The number of methoxy groups -OCH3 is 2. The molecule has 0 aliphatic rings. The van der Waals surface area contributed by atoms with E-state index in [0.717, 1.165) is 60.3 Å². The van der Waals surface area contributed by atoms with E-state index in [0.29, 0.717) is 10.9 Å². The van der Waals surface area contributed by atoms with E-state index >= 15 is 0 Å². The van der Waals surface area contributed by atoms with Crippen molar-refractivity contribution in [2.75, 3.05) is 19.5 Å². The Morgan fingerprint density at radius 1 is 1.06 bits per heavy atom. The zero-order chi connectivity index (χ0) is 25.4. The first-order chi connectivity index (χ1) is 17.4. The van der Waals surface area contributed by atoms with Gasteiger partial charge in [-0.3, -0.25) is 10.1 Å². The number of fused-ring (bicyclic) bond motifs is 2. The number of aromatic nitrogens is 1. The number of para-hydroxylation sites is 1. The summed E-state index contributed by atoms with van der Waals surface area (Å²) < 4.78 is 18.3. The summed E-state index contributed by atoms with van der Waals surface area (Å²) in [7, 11) is 3.27. The van der Waals surface area contributed by atoms with Gasteiger partial charge >= 0.3 is 0 Å². The topological polar surface area (TPSA) is 73.6 Å². The highest BCUT2D eigenvalue weighted by atomic mass is 32.1. The standard InChI is InChI=1S/C29H26N2O4S/c1-16-10-11-23-25(12-16)36-29(30-23)31-26(32)13-17(2)20-14-21-22(19-8-6-7-9-24(19)33-4)15-35-28(21)18(3)27(20)34-5/h6-15H,1-5H3,(H,30,31,32)/b17-13+. The Morgan fingerprint density at radius 2 is 1.86 bits per heavy atom. The SMILES string of the molecule is COc1ccccc1-c1coc2c(C)c(OC)c(/C(C)=C/C(=O)Nc3nc4ccc(C)cc4s3)cc12. The Morgan fingerprint density at radius 3 is 2.64 bits per heavy atom. The Bertz CT molecular complexity index is 1640. The van der Waals surface area contributed by atoms with Gasteiger partial charge in [-0.1, -0.05) is 35.6 Å². The van der Waals surface area contributed by atoms with E-state index in [1.165, 1.54) is 11.3 Å². The van der Waals surface area contributed by atoms with Crippen LogP contribution in [0.1, 0.15) is 23.6 Å². The summed E-state index contributed by atoms with van der Waals surface area (Å²) in [5.74, 6) is 1.17. The smallest absolute Gasteiger partial charge is 0.250 e. The van der Waals surface area contributed by atoms with Crippen molar-refractivity contribution in [3.05, 3.63) is 77.6 Å². The maximum atomic E-state index is 12.9. The molecule has 3 aromatic carbocycles. The lowest BCUT2D eigenvalue weighted by Crippen LogP contribution is -2.08. The molecule has 1 N–H and O–H groups in total. The maximum Gasteiger partial charge on any atom is 0.250 e. The molecular formula is C29H26N2O4S. The fourth-order valence-corrected chi connectivity index (χ4v) is 5.42. The highest BCUT2D eigenvalue weighted by molar-refractivity contribution is 7.22. The number of furan rings is 1. The molecule has 5 rings (SSSR count). The van der Waals surface area contributed by atoms with Gasteiger partial charge in [-0.05, 0) is 56.2 Å². The second-order valence-electron chi connectivity index (χ2n) is 8.62. The third kappa shape index (κ3) is 4.22. The van der Waals surface area contributed by atoms with Gasteiger partial charge in [-0.2, -0.15) is 0 Å². The van der Waals surface area contributed by atoms with Crippen molar-refractivity contribution in [2.24, 2.45) is 0 Å². The van der Waals surface area contributed by atoms with E-state index in [1.54, 1.807) is 26.6 Å². The summed E-state index contributed by atoms with van der Waals surface area (Å²) in [5.41, 5.74) is 7.04. The molecule has 0 spiro atoms. The van der Waals surface area contributed by atoms with Gasteiger partial charge in [0.05, 0.1) is 30.7 Å². The van der Waals surface area contributed by atoms with Gasteiger partial charge in [0.1, 0.15) is 17.1 Å². The molecule has 2 aromatic heterocycles. The summed E-state index contributed by atoms with van der Waals surface area (Å²) >= 11 is 1.46. The van der Waals surface area contributed by atoms with Gasteiger partial charge in [0.2, 0.25) is 5.91 Å². The number of amides is 1. The van der Waals surface area contributed by atoms with Crippen LogP contribution in [-0.2, 0) is 4.79 Å². The number of carbonyl (C=O) groups excluding carboxylic acids is 1. The van der Waals surface area contributed by atoms with Crippen molar-refractivity contribution in [2.45, 2.75) is 20.8 Å². The van der Waals surface area contributed by atoms with Crippen molar-refractivity contribution in [1.29, 1.82) is 0 Å². The molecule has 6 nitrogen and oxygen atoms in total. The van der Waals surface area contributed by atoms with Crippen molar-refractivity contribution >= 4 is 49.1 Å². The van der Waals surface area contributed by atoms with E-state index in [-0.39, 0.29) is 5.91 Å². The number of carbonyl (C=O) groups is 1. The zero-order valence-corrected chi connectivity index (χ0v) is 21.6. The molecule has 7 heteroatoms. The number of benzene rings is 3. The first-order valence-electron chi connectivity index (χ1n) is 11.5. The van der Waals surface area contributed by atoms with Gasteiger partial charge in [-0.15, -0.1) is 0 Å². The fourth-order valence-electron chi connectivity index (χ4n) is 4.45. The summed E-state index contributed by atoms with van der Waals surface area (Å²) in [6, 6.07) is 15.9. The Balaban J connectivity index is 1.54. The minimum Gasteiger partial charge on any atom is -0.496 e. The summed E-state index contributed by atoms with van der Waals surface area (Å²) in [6.45, 7) is 5.89. The van der Waals surface area contributed by atoms with E-state index in [9.17, 15) is 4.79 Å². The number of anilines is 1. The van der Waals surface area contributed by atoms with Crippen LogP contribution in [0.2, 0.25) is 0 Å². The third-order valence-electron chi connectivity index (χ3n) is 6.19. The summed E-state index contributed by atoms with van der Waals surface area (Å²) in [4.78, 5) is 17.4. The summed E-state index contributed by atoms with van der Waals surface area (Å²) in [5, 5.41) is 4.39. The van der Waals surface area contributed by atoms with Crippen molar-refractivity contribution < 1.29 is 18.7 Å². The number of hydrogen-bond acceptors (Lipinski definition) is 6. The first kappa shape index (κ1) is 23.6. The Hall–Kier alpha value is -4.10. The molecule has 0 unspecified atom stereocenters. The highest BCUT2D eigenvalue weighted by Crippen LogP contribution is 2.42. The van der Waals surface area contributed by atoms with Crippen molar-refractivity contribution in [1.82, 2.24) is 4.98 Å². The fraction of sp³-hybridized carbons (Fsp3) is 0.172. The molecule has 36 heavy (non-hydrogen) atoms. The molecular weight excluding hydrogens is 472 g/mol. The minimum atomic E-state index is -0.250. The normalized spacial score (nSPS) is 11.8. The second-order valence-corrected chi connectivity index (χ2v) is 9.65. The molecule has 0 aliphatic carbocycles. The zero-order valence-electron chi connectivity index (χ0n) is 20.8. The number of nitrogens with one attached hydrogen (secondary N) is 1. The van der Waals surface area contributed by atoms with Gasteiger partial charge < -0.3 is 13.9 Å². The molecule has 182 valence electrons. The lowest BCUT2D eigenvalue weighted by atomic mass is 9.96. The monoisotopic (exact) mass is 498 g/mol. The predicted molar refractivity (Wildman–Crippen MR) is 146 cm³/mol. The van der Waals surface area contributed by atoms with Gasteiger partial charge in [-0.25, -0.2) is 4.98 Å². The van der Waals surface area contributed by atoms with Crippen LogP contribution in [0.5, 0.6) is 11.5 Å². The van der Waals surface area contributed by atoms with E-state index < -0.39 is 0 Å². The lowest BCUT2D eigenvalue weighted by molar-refractivity contribution is -0.111. The number of aryl methyl sites for hydroxylation is 2. The maximum absolute atomic E-state index is 12.9. The van der Waals surface area contributed by atoms with Crippen LogP contribution in [0.25, 0.3) is 37.9 Å². The summed E-state index contributed by atoms with van der Waals surface area (Å²) in [6.07, 6.45) is 3.31. The Kier molecular flexibility index (Phi) is 6.24. The number of allylic oxidation sites excluding steroid dienone is 1. The van der Waals surface area contributed by atoms with Crippen LogP contribution in [0, 0.1) is 13.8 Å². The first-order valence-corrected chi connectivity index (χ1v) is 12.3. The molecule has 1 amide bonds. The minimum absolute atomic E-state index is 0.250. The number of thiazole rings is 1. The average Bonchev–Trinajstić information content (AvgIpc) is 3.47. The number of ether oxygens (including phenoxy) is 2. The van der Waals surface area contributed by atoms with Gasteiger partial charge in [0.25, 0.3) is 0 Å². The molecule has 0 atom stereocenters. The molecule has 0 radical (unpaired) electrons. The van der Waals surface area contributed by atoms with Crippen LogP contribution in [0.15, 0.2) is 65.3 Å². The number of nitrogens with zero attached hydrogens (tertiary/aromatic N) is 1. The van der Waals surface area contributed by atoms with Crippen LogP contribution in [0.3, 0.4) is 0 Å². The van der Waals surface area contributed by atoms with Crippen LogP contribution in [0.4, 0.5) is 5.13 Å². The molecule has 0 bridgehead atoms. The Labute approximate surface area is 213 Å². The van der Waals surface area contributed by atoms with E-state index in [2.05, 4.69) is 16.4 Å². The lowest BCUT2D eigenvalue weighted by Gasteiger charge is -2.13. The van der Waals surface area contributed by atoms with Crippen LogP contribution >= 0.6 is 11.3 Å². The number of hydrogen-bond donors (Lipinski definition) is 1. The van der Waals surface area contributed by atoms with E-state index in [1.807, 2.05) is 63.2 Å². The number of rotatable bonds is 6. The molecule has 5 aromatic rings. The molecule has 2 heterocycles. The van der Waals surface area contributed by atoms with Gasteiger partial charge in [0.15, 0.2) is 5.13 Å². The predicted octanol–water partition coefficient (Wildman–Crippen LogP) is 7.39. The van der Waals surface area contributed by atoms with Crippen LogP contribution < -0.4 is 14.8 Å². The quantitative estimate of drug-likeness (QED) is 0.247. The molecule has 0 fully saturated rings. The second kappa shape index (κ2) is 9.51. The molecule has 0 saturated heterocycles. The van der Waals surface area contributed by atoms with Crippen LogP contribution in [-0.4, -0.2) is 25.1 Å². The average molecular weight is 499 g/mol. The van der Waals surface area contributed by atoms with Gasteiger partial charge in [0, 0.05) is 33.7 Å².